The molecule has 0 radical (unpaired) electrons. The Morgan fingerprint density at radius 3 is 2.19 bits per heavy atom. The predicted molar refractivity (Wildman–Crippen MR) is 104 cm³/mol. The molecule has 2 rings (SSSR count). The first-order valence-electron chi connectivity index (χ1n) is 9.64. The van der Waals surface area contributed by atoms with E-state index in [-0.39, 0.29) is 0 Å². The van der Waals surface area contributed by atoms with Crippen LogP contribution in [0, 0.1) is 0 Å². The van der Waals surface area contributed by atoms with Crippen LogP contribution in [0.15, 0.2) is 48.8 Å². The highest BCUT2D eigenvalue weighted by Gasteiger charge is 2.08. The fraction of sp³-hybridized carbons (Fsp3) is 0.455. The zero-order valence-electron chi connectivity index (χ0n) is 15.7. The highest BCUT2D eigenvalue weighted by Crippen LogP contribution is 2.19. The molecule has 4 nitrogen and oxygen atoms in total. The number of pyridine rings is 1. The molecule has 0 unspecified atom stereocenters. The summed E-state index contributed by atoms with van der Waals surface area (Å²) in [5.41, 5.74) is 0.433. The van der Waals surface area contributed by atoms with Crippen molar-refractivity contribution in [3.8, 4) is 11.5 Å². The van der Waals surface area contributed by atoms with Gasteiger partial charge in [-0.1, -0.05) is 51.9 Å². The number of hydrogen-bond acceptors (Lipinski definition) is 4. The SMILES string of the molecule is CCCCCCCCCCOc1ccc(OC(=O)c2cccnc2)cc1. The summed E-state index contributed by atoms with van der Waals surface area (Å²) >= 11 is 0. The van der Waals surface area contributed by atoms with Gasteiger partial charge in [-0.2, -0.15) is 0 Å². The Labute approximate surface area is 156 Å². The van der Waals surface area contributed by atoms with Crippen LogP contribution >= 0.6 is 0 Å². The standard InChI is InChI=1S/C22H29NO3/c1-2-3-4-5-6-7-8-9-17-25-20-12-14-21(15-13-20)26-22(24)19-11-10-16-23-18-19/h10-16,18H,2-9,17H2,1H3. The van der Waals surface area contributed by atoms with Gasteiger partial charge in [0.1, 0.15) is 11.5 Å². The number of esters is 1. The molecule has 0 aliphatic heterocycles. The molecule has 0 atom stereocenters. The van der Waals surface area contributed by atoms with Crippen LogP contribution in [0.4, 0.5) is 0 Å². The molecule has 0 aliphatic rings. The van der Waals surface area contributed by atoms with Crippen molar-refractivity contribution < 1.29 is 14.3 Å². The third-order valence-corrected chi connectivity index (χ3v) is 4.20. The quantitative estimate of drug-likeness (QED) is 0.273. The third kappa shape index (κ3) is 7.68. The molecule has 0 fully saturated rings. The van der Waals surface area contributed by atoms with E-state index in [1.165, 1.54) is 51.1 Å². The van der Waals surface area contributed by atoms with Crippen LogP contribution in [0.25, 0.3) is 0 Å². The minimum atomic E-state index is -0.411. The first kappa shape index (κ1) is 20.0. The van der Waals surface area contributed by atoms with Gasteiger partial charge in [-0.15, -0.1) is 0 Å². The van der Waals surface area contributed by atoms with Gasteiger partial charge in [0.2, 0.25) is 0 Å². The van der Waals surface area contributed by atoms with E-state index in [2.05, 4.69) is 11.9 Å². The Hall–Kier alpha value is -2.36. The topological polar surface area (TPSA) is 48.4 Å². The number of carbonyl (C=O) groups is 1. The van der Waals surface area contributed by atoms with Gasteiger partial charge in [0, 0.05) is 12.4 Å². The summed E-state index contributed by atoms with van der Waals surface area (Å²) in [5.74, 6) is 0.887. The fourth-order valence-corrected chi connectivity index (χ4v) is 2.68. The van der Waals surface area contributed by atoms with Gasteiger partial charge in [-0.05, 0) is 42.8 Å². The molecule has 1 aromatic heterocycles. The van der Waals surface area contributed by atoms with Crippen molar-refractivity contribution in [1.82, 2.24) is 4.98 Å². The molecule has 0 N–H and O–H groups in total. The summed E-state index contributed by atoms with van der Waals surface area (Å²) in [6, 6.07) is 10.5. The number of carbonyl (C=O) groups excluding carboxylic acids is 1. The lowest BCUT2D eigenvalue weighted by Crippen LogP contribution is -2.08. The third-order valence-electron chi connectivity index (χ3n) is 4.20. The summed E-state index contributed by atoms with van der Waals surface area (Å²) in [6.45, 7) is 2.97. The summed E-state index contributed by atoms with van der Waals surface area (Å²) in [6.07, 6.45) is 13.4. The first-order valence-corrected chi connectivity index (χ1v) is 9.64. The minimum absolute atomic E-state index is 0.411. The molecule has 0 saturated carbocycles. The number of aromatic nitrogens is 1. The molecule has 0 amide bonds. The van der Waals surface area contributed by atoms with Gasteiger partial charge in [0.05, 0.1) is 12.2 Å². The lowest BCUT2D eigenvalue weighted by molar-refractivity contribution is 0.0734. The molecule has 0 bridgehead atoms. The van der Waals surface area contributed by atoms with E-state index in [1.807, 2.05) is 12.1 Å². The zero-order chi connectivity index (χ0) is 18.5. The van der Waals surface area contributed by atoms with Gasteiger partial charge in [-0.3, -0.25) is 4.98 Å². The molecule has 26 heavy (non-hydrogen) atoms. The molecule has 0 saturated heterocycles. The molecule has 1 aromatic carbocycles. The zero-order valence-corrected chi connectivity index (χ0v) is 15.7. The normalized spacial score (nSPS) is 10.5. The van der Waals surface area contributed by atoms with Crippen LogP contribution < -0.4 is 9.47 Å². The number of nitrogens with zero attached hydrogens (tertiary/aromatic N) is 1. The van der Waals surface area contributed by atoms with E-state index in [0.29, 0.717) is 11.3 Å². The van der Waals surface area contributed by atoms with Crippen molar-refractivity contribution in [3.63, 3.8) is 0 Å². The van der Waals surface area contributed by atoms with Crippen molar-refractivity contribution in [3.05, 3.63) is 54.4 Å². The maximum absolute atomic E-state index is 12.0. The second-order valence-electron chi connectivity index (χ2n) is 6.43. The molecule has 0 spiro atoms. The van der Waals surface area contributed by atoms with E-state index in [9.17, 15) is 4.79 Å². The van der Waals surface area contributed by atoms with Crippen molar-refractivity contribution >= 4 is 5.97 Å². The average molecular weight is 355 g/mol. The van der Waals surface area contributed by atoms with Crippen LogP contribution in [0.5, 0.6) is 11.5 Å². The Morgan fingerprint density at radius 2 is 1.54 bits per heavy atom. The van der Waals surface area contributed by atoms with Gasteiger partial charge < -0.3 is 9.47 Å². The average Bonchev–Trinajstić information content (AvgIpc) is 2.68. The maximum atomic E-state index is 12.0. The molecular weight excluding hydrogens is 326 g/mol. The van der Waals surface area contributed by atoms with Crippen LogP contribution in [-0.2, 0) is 0 Å². The summed E-state index contributed by atoms with van der Waals surface area (Å²) in [7, 11) is 0. The first-order chi connectivity index (χ1) is 12.8. The number of unbranched alkanes of at least 4 members (excludes halogenated alkanes) is 7. The molecule has 1 heterocycles. The van der Waals surface area contributed by atoms with Crippen molar-refractivity contribution in [2.24, 2.45) is 0 Å². The Balaban J connectivity index is 1.61. The summed E-state index contributed by atoms with van der Waals surface area (Å²) in [5, 5.41) is 0. The Kier molecular flexibility index (Phi) is 9.26. The lowest BCUT2D eigenvalue weighted by atomic mass is 10.1. The van der Waals surface area contributed by atoms with Crippen LogP contribution in [0.3, 0.4) is 0 Å². The number of ether oxygens (including phenoxy) is 2. The maximum Gasteiger partial charge on any atom is 0.345 e. The van der Waals surface area contributed by atoms with E-state index in [1.54, 1.807) is 30.5 Å². The van der Waals surface area contributed by atoms with E-state index in [4.69, 9.17) is 9.47 Å². The van der Waals surface area contributed by atoms with E-state index in [0.717, 1.165) is 18.8 Å². The number of rotatable bonds is 12. The second kappa shape index (κ2) is 12.1. The highest BCUT2D eigenvalue weighted by atomic mass is 16.5. The van der Waals surface area contributed by atoms with E-state index >= 15 is 0 Å². The van der Waals surface area contributed by atoms with Crippen molar-refractivity contribution in [1.29, 1.82) is 0 Å². The lowest BCUT2D eigenvalue weighted by Gasteiger charge is -2.08. The summed E-state index contributed by atoms with van der Waals surface area (Å²) in [4.78, 5) is 15.9. The molecule has 2 aromatic rings. The van der Waals surface area contributed by atoms with Crippen LogP contribution in [-0.4, -0.2) is 17.6 Å². The van der Waals surface area contributed by atoms with Gasteiger partial charge in [0.25, 0.3) is 0 Å². The molecule has 4 heteroatoms. The van der Waals surface area contributed by atoms with Crippen molar-refractivity contribution in [2.45, 2.75) is 58.3 Å². The number of benzene rings is 1. The minimum Gasteiger partial charge on any atom is -0.494 e. The highest BCUT2D eigenvalue weighted by molar-refractivity contribution is 5.90. The molecule has 140 valence electrons. The summed E-state index contributed by atoms with van der Waals surface area (Å²) < 4.78 is 11.1. The van der Waals surface area contributed by atoms with Gasteiger partial charge >= 0.3 is 5.97 Å². The second-order valence-corrected chi connectivity index (χ2v) is 6.43. The smallest absolute Gasteiger partial charge is 0.345 e. The monoisotopic (exact) mass is 355 g/mol. The number of hydrogen-bond donors (Lipinski definition) is 0. The van der Waals surface area contributed by atoms with Crippen LogP contribution in [0.2, 0.25) is 0 Å². The van der Waals surface area contributed by atoms with E-state index < -0.39 is 5.97 Å². The van der Waals surface area contributed by atoms with Crippen molar-refractivity contribution in [2.75, 3.05) is 6.61 Å². The largest absolute Gasteiger partial charge is 0.494 e. The molecule has 0 aliphatic carbocycles. The fourth-order valence-electron chi connectivity index (χ4n) is 2.68. The molecular formula is C22H29NO3. The van der Waals surface area contributed by atoms with Crippen LogP contribution in [0.1, 0.15) is 68.6 Å². The van der Waals surface area contributed by atoms with Gasteiger partial charge in [-0.25, -0.2) is 4.79 Å². The Bertz CT molecular complexity index is 626. The Morgan fingerprint density at radius 1 is 0.885 bits per heavy atom. The predicted octanol–water partition coefficient (Wildman–Crippen LogP) is 5.82. The van der Waals surface area contributed by atoms with Gasteiger partial charge in [0.15, 0.2) is 0 Å².